The van der Waals surface area contributed by atoms with Crippen molar-refractivity contribution in [3.63, 3.8) is 0 Å². The number of rotatable bonds is 4. The smallest absolute Gasteiger partial charge is 0.246 e. The molecular weight excluding hydrogens is 429 g/mol. The summed E-state index contributed by atoms with van der Waals surface area (Å²) in [6.07, 6.45) is -0.136. The first-order valence-corrected chi connectivity index (χ1v) is 10.4. The van der Waals surface area contributed by atoms with Crippen molar-refractivity contribution in [1.82, 2.24) is 15.4 Å². The number of aromatic nitrogens is 1. The molecule has 2 N–H and O–H groups in total. The van der Waals surface area contributed by atoms with E-state index < -0.39 is 5.82 Å². The highest BCUT2D eigenvalue weighted by Gasteiger charge is 2.33. The first-order chi connectivity index (χ1) is 15.5. The molecule has 3 heterocycles. The Labute approximate surface area is 185 Å². The van der Waals surface area contributed by atoms with Gasteiger partial charge in [-0.15, -0.1) is 11.3 Å². The molecule has 5 rings (SSSR count). The summed E-state index contributed by atoms with van der Waals surface area (Å²) in [6.45, 7) is 0. The second-order valence-corrected chi connectivity index (χ2v) is 7.99. The zero-order valence-corrected chi connectivity index (χ0v) is 17.2. The highest BCUT2D eigenvalue weighted by molar-refractivity contribution is 7.19. The van der Waals surface area contributed by atoms with Gasteiger partial charge in [0.25, 0.3) is 0 Å². The maximum absolute atomic E-state index is 14.3. The molecule has 1 aliphatic rings. The van der Waals surface area contributed by atoms with Crippen molar-refractivity contribution in [3.05, 3.63) is 77.2 Å². The van der Waals surface area contributed by atoms with E-state index in [1.165, 1.54) is 22.4 Å². The van der Waals surface area contributed by atoms with Crippen LogP contribution >= 0.6 is 11.3 Å². The second-order valence-electron chi connectivity index (χ2n) is 6.96. The predicted molar refractivity (Wildman–Crippen MR) is 118 cm³/mol. The normalized spacial score (nSPS) is 14.4. The number of fused-ring (bicyclic) bond motifs is 1. The number of para-hydroxylation sites is 1. The lowest BCUT2D eigenvalue weighted by molar-refractivity contribution is -0.120. The molecule has 1 saturated heterocycles. The van der Waals surface area contributed by atoms with Gasteiger partial charge in [0.05, 0.1) is 22.2 Å². The number of allylic oxidation sites excluding steroid dienone is 1. The fraction of sp³-hybridized carbons (Fsp3) is 0.0435. The Balaban J connectivity index is 1.71. The van der Waals surface area contributed by atoms with Crippen LogP contribution in [0.1, 0.15) is 17.2 Å². The summed E-state index contributed by atoms with van der Waals surface area (Å²) in [5.41, 5.74) is 3.88. The number of halogens is 1. The maximum atomic E-state index is 14.3. The minimum atomic E-state index is -0.451. The molecule has 2 aromatic heterocycles. The molecule has 0 bridgehead atoms. The Morgan fingerprint density at radius 3 is 2.69 bits per heavy atom. The Morgan fingerprint density at radius 2 is 1.97 bits per heavy atom. The number of carbonyl (C=O) groups excluding carboxylic acids is 1. The van der Waals surface area contributed by atoms with E-state index in [4.69, 9.17) is 9.83 Å². The lowest BCUT2D eigenvalue weighted by Crippen LogP contribution is -2.34. The molecule has 0 aliphatic carbocycles. The standard InChI is InChI=1S/C23H14FN5O2S/c24-15-6-2-1-5-13(15)17-9-10-18(31-17)22(29-20(26)11-21(30)28-29)14(12-25)23-27-16-7-3-4-8-19(16)32-23/h1-10,26H,11H2,(H,28,30)/b22-14-,26-20?. The maximum Gasteiger partial charge on any atom is 0.246 e. The van der Waals surface area contributed by atoms with Crippen LogP contribution in [0, 0.1) is 22.6 Å². The van der Waals surface area contributed by atoms with Crippen LogP contribution in [0.15, 0.2) is 65.1 Å². The minimum Gasteiger partial charge on any atom is -0.454 e. The van der Waals surface area contributed by atoms with Gasteiger partial charge in [0.1, 0.15) is 39.8 Å². The van der Waals surface area contributed by atoms with Gasteiger partial charge in [0, 0.05) is 0 Å². The number of amides is 1. The fourth-order valence-electron chi connectivity index (χ4n) is 3.45. The molecule has 32 heavy (non-hydrogen) atoms. The van der Waals surface area contributed by atoms with E-state index in [-0.39, 0.29) is 46.5 Å². The van der Waals surface area contributed by atoms with Gasteiger partial charge in [0.2, 0.25) is 5.91 Å². The van der Waals surface area contributed by atoms with E-state index in [0.717, 1.165) is 10.2 Å². The fourth-order valence-corrected chi connectivity index (χ4v) is 4.41. The van der Waals surface area contributed by atoms with Gasteiger partial charge in [0.15, 0.2) is 5.76 Å². The molecule has 9 heteroatoms. The third kappa shape index (κ3) is 3.33. The van der Waals surface area contributed by atoms with Crippen LogP contribution < -0.4 is 5.43 Å². The zero-order valence-electron chi connectivity index (χ0n) is 16.4. The Bertz CT molecular complexity index is 1430. The quantitative estimate of drug-likeness (QED) is 0.441. The molecule has 0 radical (unpaired) electrons. The summed E-state index contributed by atoms with van der Waals surface area (Å²) in [5, 5.41) is 19.9. The van der Waals surface area contributed by atoms with Crippen LogP contribution in [-0.2, 0) is 4.79 Å². The number of amidine groups is 1. The van der Waals surface area contributed by atoms with E-state index in [2.05, 4.69) is 16.5 Å². The molecule has 0 spiro atoms. The lowest BCUT2D eigenvalue weighted by atomic mass is 10.1. The van der Waals surface area contributed by atoms with Crippen LogP contribution in [-0.4, -0.2) is 21.7 Å². The molecule has 7 nitrogen and oxygen atoms in total. The summed E-state index contributed by atoms with van der Waals surface area (Å²) in [5.74, 6) is -0.411. The van der Waals surface area contributed by atoms with Crippen molar-refractivity contribution in [2.75, 3.05) is 0 Å². The van der Waals surface area contributed by atoms with Crippen LogP contribution in [0.4, 0.5) is 4.39 Å². The molecule has 0 atom stereocenters. The van der Waals surface area contributed by atoms with Crippen LogP contribution in [0.25, 0.3) is 32.8 Å². The average Bonchev–Trinajstić information content (AvgIpc) is 3.50. The minimum absolute atomic E-state index is 0.0392. The van der Waals surface area contributed by atoms with E-state index >= 15 is 0 Å². The van der Waals surface area contributed by atoms with E-state index in [1.807, 2.05) is 24.3 Å². The first kappa shape index (κ1) is 19.7. The van der Waals surface area contributed by atoms with Crippen molar-refractivity contribution in [1.29, 1.82) is 10.7 Å². The van der Waals surface area contributed by atoms with Gasteiger partial charge in [-0.3, -0.25) is 15.6 Å². The lowest BCUT2D eigenvalue weighted by Gasteiger charge is -2.20. The highest BCUT2D eigenvalue weighted by atomic mass is 32.1. The summed E-state index contributed by atoms with van der Waals surface area (Å²) in [7, 11) is 0. The number of carbonyl (C=O) groups is 1. The summed E-state index contributed by atoms with van der Waals surface area (Å²) in [4.78, 5) is 16.5. The van der Waals surface area contributed by atoms with Gasteiger partial charge in [-0.25, -0.2) is 14.4 Å². The molecule has 156 valence electrons. The van der Waals surface area contributed by atoms with Gasteiger partial charge in [-0.1, -0.05) is 24.3 Å². The number of nitrogens with one attached hydrogen (secondary N) is 2. The third-order valence-corrected chi connectivity index (χ3v) is 5.95. The Kier molecular flexibility index (Phi) is 4.77. The van der Waals surface area contributed by atoms with E-state index in [0.29, 0.717) is 5.01 Å². The van der Waals surface area contributed by atoms with Crippen molar-refractivity contribution in [2.45, 2.75) is 6.42 Å². The molecule has 1 amide bonds. The number of nitrogens with zero attached hydrogens (tertiary/aromatic N) is 3. The number of nitriles is 1. The average molecular weight is 443 g/mol. The Hall–Kier alpha value is -4.29. The predicted octanol–water partition coefficient (Wildman–Crippen LogP) is 4.80. The van der Waals surface area contributed by atoms with Crippen LogP contribution in [0.3, 0.4) is 0 Å². The number of hydrogen-bond donors (Lipinski definition) is 2. The zero-order chi connectivity index (χ0) is 22.2. The van der Waals surface area contributed by atoms with Crippen molar-refractivity contribution in [3.8, 4) is 17.4 Å². The van der Waals surface area contributed by atoms with E-state index in [1.54, 1.807) is 30.3 Å². The van der Waals surface area contributed by atoms with Gasteiger partial charge in [-0.2, -0.15) is 5.26 Å². The number of hydrogen-bond acceptors (Lipinski definition) is 6. The summed E-state index contributed by atoms with van der Waals surface area (Å²) in [6, 6.07) is 19.0. The molecule has 4 aromatic rings. The number of hydrazine groups is 1. The van der Waals surface area contributed by atoms with Crippen LogP contribution in [0.2, 0.25) is 0 Å². The third-order valence-electron chi connectivity index (χ3n) is 4.89. The number of thiazole rings is 1. The van der Waals surface area contributed by atoms with Gasteiger partial charge in [-0.05, 0) is 36.4 Å². The van der Waals surface area contributed by atoms with Gasteiger partial charge < -0.3 is 4.42 Å². The molecule has 0 saturated carbocycles. The largest absolute Gasteiger partial charge is 0.454 e. The Morgan fingerprint density at radius 1 is 1.19 bits per heavy atom. The molecule has 0 unspecified atom stereocenters. The molecule has 1 aliphatic heterocycles. The van der Waals surface area contributed by atoms with Crippen molar-refractivity contribution >= 4 is 44.6 Å². The molecular formula is C23H14FN5O2S. The van der Waals surface area contributed by atoms with Crippen molar-refractivity contribution < 1.29 is 13.6 Å². The molecule has 1 fully saturated rings. The summed E-state index contributed by atoms with van der Waals surface area (Å²) < 4.78 is 21.1. The molecule has 2 aromatic carbocycles. The number of furan rings is 1. The monoisotopic (exact) mass is 443 g/mol. The topological polar surface area (TPSA) is 106 Å². The first-order valence-electron chi connectivity index (χ1n) is 9.57. The number of benzene rings is 2. The highest BCUT2D eigenvalue weighted by Crippen LogP contribution is 2.36. The SMILES string of the molecule is N#C/C(=C(\c1ccc(-c2ccccc2F)o1)N1NC(=O)CC1=N)c1nc2ccccc2s1. The summed E-state index contributed by atoms with van der Waals surface area (Å²) >= 11 is 1.32. The second kappa shape index (κ2) is 7.76. The van der Waals surface area contributed by atoms with Crippen molar-refractivity contribution in [2.24, 2.45) is 0 Å². The van der Waals surface area contributed by atoms with Gasteiger partial charge >= 0.3 is 0 Å². The van der Waals surface area contributed by atoms with Crippen LogP contribution in [0.5, 0.6) is 0 Å². The van der Waals surface area contributed by atoms with E-state index in [9.17, 15) is 14.4 Å².